The van der Waals surface area contributed by atoms with Gasteiger partial charge in [-0.2, -0.15) is 0 Å². The second-order valence-corrected chi connectivity index (χ2v) is 5.87. The second kappa shape index (κ2) is 4.40. The van der Waals surface area contributed by atoms with Gasteiger partial charge in [0.2, 0.25) is 0 Å². The van der Waals surface area contributed by atoms with Crippen LogP contribution in [0.1, 0.15) is 31.2 Å². The van der Waals surface area contributed by atoms with E-state index in [2.05, 4.69) is 41.9 Å². The van der Waals surface area contributed by atoms with Gasteiger partial charge in [0, 0.05) is 10.9 Å². The predicted molar refractivity (Wildman–Crippen MR) is 58.4 cm³/mol. The van der Waals surface area contributed by atoms with Gasteiger partial charge in [0.15, 0.2) is 0 Å². The lowest BCUT2D eigenvalue weighted by molar-refractivity contribution is 0.515. The molecule has 0 fully saturated rings. The third-order valence-electron chi connectivity index (χ3n) is 1.68. The summed E-state index contributed by atoms with van der Waals surface area (Å²) >= 11 is 5.16. The van der Waals surface area contributed by atoms with Gasteiger partial charge in [0.25, 0.3) is 0 Å². The van der Waals surface area contributed by atoms with E-state index in [0.717, 1.165) is 10.2 Å². The van der Waals surface area contributed by atoms with E-state index in [-0.39, 0.29) is 6.04 Å². The van der Waals surface area contributed by atoms with Crippen molar-refractivity contribution in [1.82, 2.24) is 0 Å². The van der Waals surface area contributed by atoms with Gasteiger partial charge in [0.1, 0.15) is 0 Å². The molecule has 12 heavy (non-hydrogen) atoms. The third-order valence-corrected chi connectivity index (χ3v) is 3.44. The van der Waals surface area contributed by atoms with E-state index >= 15 is 0 Å². The monoisotopic (exact) mass is 247 g/mol. The van der Waals surface area contributed by atoms with E-state index < -0.39 is 0 Å². The van der Waals surface area contributed by atoms with Crippen LogP contribution in [0.4, 0.5) is 0 Å². The Morgan fingerprint density at radius 2 is 2.17 bits per heavy atom. The molecule has 0 unspecified atom stereocenters. The Labute approximate surface area is 86.1 Å². The van der Waals surface area contributed by atoms with Crippen LogP contribution in [0, 0.1) is 5.92 Å². The summed E-state index contributed by atoms with van der Waals surface area (Å²) in [6.45, 7) is 4.39. The van der Waals surface area contributed by atoms with Crippen LogP contribution in [0.5, 0.6) is 0 Å². The van der Waals surface area contributed by atoms with Crippen LogP contribution >= 0.6 is 27.3 Å². The Bertz CT molecular complexity index is 244. The predicted octanol–water partition coefficient (Wildman–Crippen LogP) is 3.56. The summed E-state index contributed by atoms with van der Waals surface area (Å²) in [6, 6.07) is 4.36. The first-order valence-corrected chi connectivity index (χ1v) is 5.71. The van der Waals surface area contributed by atoms with Crippen LogP contribution < -0.4 is 5.73 Å². The molecule has 0 aliphatic heterocycles. The zero-order chi connectivity index (χ0) is 9.14. The fourth-order valence-electron chi connectivity index (χ4n) is 1.15. The summed E-state index contributed by atoms with van der Waals surface area (Å²) in [5.41, 5.74) is 6.00. The van der Waals surface area contributed by atoms with Gasteiger partial charge >= 0.3 is 0 Å². The lowest BCUT2D eigenvalue weighted by atomic mass is 10.0. The Hall–Kier alpha value is 0.140. The van der Waals surface area contributed by atoms with Gasteiger partial charge in [-0.25, -0.2) is 0 Å². The molecule has 1 nitrogen and oxygen atoms in total. The van der Waals surface area contributed by atoms with E-state index in [9.17, 15) is 0 Å². The zero-order valence-electron chi connectivity index (χ0n) is 7.38. The normalized spacial score (nSPS) is 13.8. The Morgan fingerprint density at radius 1 is 1.50 bits per heavy atom. The summed E-state index contributed by atoms with van der Waals surface area (Å²) in [5.74, 6) is 0.667. The molecule has 1 rings (SSSR count). The van der Waals surface area contributed by atoms with Crippen LogP contribution in [-0.2, 0) is 0 Å². The van der Waals surface area contributed by atoms with E-state index in [1.165, 1.54) is 4.88 Å². The Balaban J connectivity index is 2.58. The van der Waals surface area contributed by atoms with Crippen molar-refractivity contribution >= 4 is 27.3 Å². The third kappa shape index (κ3) is 2.88. The molecule has 0 radical (unpaired) electrons. The van der Waals surface area contributed by atoms with Gasteiger partial charge < -0.3 is 5.73 Å². The molecular formula is C9H14BrNS. The van der Waals surface area contributed by atoms with Crippen LogP contribution in [0.2, 0.25) is 0 Å². The number of nitrogens with two attached hydrogens (primary N) is 1. The summed E-state index contributed by atoms with van der Waals surface area (Å²) < 4.78 is 1.16. The average Bonchev–Trinajstić information content (AvgIpc) is 2.34. The summed E-state index contributed by atoms with van der Waals surface area (Å²) in [5, 5.41) is 0. The van der Waals surface area contributed by atoms with E-state index in [4.69, 9.17) is 5.73 Å². The molecule has 0 aliphatic rings. The van der Waals surface area contributed by atoms with Crippen molar-refractivity contribution in [3.05, 3.63) is 20.8 Å². The summed E-state index contributed by atoms with van der Waals surface area (Å²) in [4.78, 5) is 1.27. The molecule has 1 aromatic heterocycles. The molecule has 3 heteroatoms. The van der Waals surface area contributed by atoms with Crippen LogP contribution in [0.15, 0.2) is 15.9 Å². The smallest absolute Gasteiger partial charge is 0.0701 e. The van der Waals surface area contributed by atoms with E-state index in [1.54, 1.807) is 11.3 Å². The molecule has 1 aromatic rings. The Kier molecular flexibility index (Phi) is 3.75. The van der Waals surface area contributed by atoms with Crippen molar-refractivity contribution in [3.63, 3.8) is 0 Å². The first kappa shape index (κ1) is 10.2. The maximum absolute atomic E-state index is 6.00. The van der Waals surface area contributed by atoms with Gasteiger partial charge in [-0.1, -0.05) is 13.8 Å². The molecule has 0 amide bonds. The summed E-state index contributed by atoms with van der Waals surface area (Å²) in [6.07, 6.45) is 1.06. The number of rotatable bonds is 3. The average molecular weight is 248 g/mol. The molecule has 0 saturated heterocycles. The first-order chi connectivity index (χ1) is 5.59. The maximum atomic E-state index is 6.00. The van der Waals surface area contributed by atoms with Gasteiger partial charge in [-0.15, -0.1) is 11.3 Å². The topological polar surface area (TPSA) is 26.0 Å². The van der Waals surface area contributed by atoms with E-state index in [0.29, 0.717) is 5.92 Å². The lowest BCUT2D eigenvalue weighted by Gasteiger charge is -2.11. The molecule has 68 valence electrons. The van der Waals surface area contributed by atoms with Crippen LogP contribution in [0.3, 0.4) is 0 Å². The van der Waals surface area contributed by atoms with Crippen molar-refractivity contribution in [1.29, 1.82) is 0 Å². The van der Waals surface area contributed by atoms with Crippen molar-refractivity contribution in [2.75, 3.05) is 0 Å². The van der Waals surface area contributed by atoms with Crippen LogP contribution in [0.25, 0.3) is 0 Å². The maximum Gasteiger partial charge on any atom is 0.0701 e. The van der Waals surface area contributed by atoms with Gasteiger partial charge in [-0.3, -0.25) is 0 Å². The van der Waals surface area contributed by atoms with Crippen LogP contribution in [-0.4, -0.2) is 0 Å². The molecule has 0 bridgehead atoms. The highest BCUT2D eigenvalue weighted by Crippen LogP contribution is 2.28. The standard InChI is InChI=1S/C9H14BrNS/c1-6(2)5-7(11)8-3-4-9(10)12-8/h3-4,6-7H,5,11H2,1-2H3/t7-/m1/s1. The molecular weight excluding hydrogens is 234 g/mol. The fraction of sp³-hybridized carbons (Fsp3) is 0.556. The number of hydrogen-bond acceptors (Lipinski definition) is 2. The largest absolute Gasteiger partial charge is 0.323 e. The molecule has 0 aromatic carbocycles. The Morgan fingerprint density at radius 3 is 2.58 bits per heavy atom. The fourth-order valence-corrected chi connectivity index (χ4v) is 2.59. The summed E-state index contributed by atoms with van der Waals surface area (Å²) in [7, 11) is 0. The minimum absolute atomic E-state index is 0.210. The molecule has 0 aliphatic carbocycles. The highest BCUT2D eigenvalue weighted by molar-refractivity contribution is 9.11. The minimum Gasteiger partial charge on any atom is -0.323 e. The molecule has 0 saturated carbocycles. The lowest BCUT2D eigenvalue weighted by Crippen LogP contribution is -2.11. The highest BCUT2D eigenvalue weighted by atomic mass is 79.9. The molecule has 1 atom stereocenters. The van der Waals surface area contributed by atoms with Gasteiger partial charge in [0.05, 0.1) is 3.79 Å². The number of halogens is 1. The van der Waals surface area contributed by atoms with Gasteiger partial charge in [-0.05, 0) is 40.4 Å². The van der Waals surface area contributed by atoms with Crippen molar-refractivity contribution < 1.29 is 0 Å². The molecule has 2 N–H and O–H groups in total. The molecule has 1 heterocycles. The van der Waals surface area contributed by atoms with Crippen molar-refractivity contribution in [2.45, 2.75) is 26.3 Å². The molecule has 0 spiro atoms. The quantitative estimate of drug-likeness (QED) is 0.869. The number of hydrogen-bond donors (Lipinski definition) is 1. The minimum atomic E-state index is 0.210. The van der Waals surface area contributed by atoms with Crippen molar-refractivity contribution in [3.8, 4) is 0 Å². The van der Waals surface area contributed by atoms with Crippen molar-refractivity contribution in [2.24, 2.45) is 11.7 Å². The first-order valence-electron chi connectivity index (χ1n) is 4.10. The number of thiophene rings is 1. The zero-order valence-corrected chi connectivity index (χ0v) is 9.78. The second-order valence-electron chi connectivity index (χ2n) is 3.38. The van der Waals surface area contributed by atoms with E-state index in [1.807, 2.05) is 0 Å². The SMILES string of the molecule is CC(C)C[C@@H](N)c1ccc(Br)s1. The highest BCUT2D eigenvalue weighted by Gasteiger charge is 2.09.